The molecule has 0 aliphatic rings. The fourth-order valence-electron chi connectivity index (χ4n) is 2.90. The molecular formula is C21H25BrN2O5S. The van der Waals surface area contributed by atoms with Gasteiger partial charge < -0.3 is 9.64 Å². The Morgan fingerprint density at radius 2 is 1.60 bits per heavy atom. The average Bonchev–Trinajstić information content (AvgIpc) is 2.74. The third-order valence-corrected chi connectivity index (χ3v) is 6.65. The molecule has 2 aromatic rings. The Kier molecular flexibility index (Phi) is 8.57. The Bertz CT molecular complexity index is 971. The lowest BCUT2D eigenvalue weighted by atomic mass is 10.1. The van der Waals surface area contributed by atoms with Crippen LogP contribution in [0.25, 0.3) is 0 Å². The van der Waals surface area contributed by atoms with Crippen LogP contribution < -0.4 is 4.72 Å². The van der Waals surface area contributed by atoms with Crippen molar-refractivity contribution < 1.29 is 22.7 Å². The highest BCUT2D eigenvalue weighted by Crippen LogP contribution is 2.23. The number of nitrogens with zero attached hydrogens (tertiary/aromatic N) is 1. The van der Waals surface area contributed by atoms with Gasteiger partial charge in [-0.25, -0.2) is 13.1 Å². The number of nitrogens with one attached hydrogen (secondary N) is 1. The average molecular weight is 497 g/mol. The summed E-state index contributed by atoms with van der Waals surface area (Å²) in [5.74, 6) is -0.693. The molecule has 0 spiro atoms. The Morgan fingerprint density at radius 3 is 2.10 bits per heavy atom. The summed E-state index contributed by atoms with van der Waals surface area (Å²) in [6.45, 7) is 4.90. The molecule has 0 aliphatic heterocycles. The van der Waals surface area contributed by atoms with Gasteiger partial charge in [0.2, 0.25) is 10.0 Å². The van der Waals surface area contributed by atoms with Crippen LogP contribution in [0, 0.1) is 0 Å². The van der Waals surface area contributed by atoms with Crippen LogP contribution in [0.1, 0.15) is 42.2 Å². The van der Waals surface area contributed by atoms with E-state index < -0.39 is 22.0 Å². The van der Waals surface area contributed by atoms with E-state index in [4.69, 9.17) is 4.74 Å². The molecule has 1 N–H and O–H groups in total. The number of benzene rings is 2. The van der Waals surface area contributed by atoms with E-state index in [2.05, 4.69) is 20.7 Å². The van der Waals surface area contributed by atoms with Crippen molar-refractivity contribution in [3.05, 3.63) is 64.1 Å². The number of sulfonamides is 1. The highest BCUT2D eigenvalue weighted by atomic mass is 79.9. The van der Waals surface area contributed by atoms with Crippen molar-refractivity contribution in [2.75, 3.05) is 20.2 Å². The molecule has 1 atom stereocenters. The third-order valence-electron chi connectivity index (χ3n) is 4.63. The second-order valence-corrected chi connectivity index (χ2v) is 9.14. The molecule has 2 aromatic carbocycles. The first-order valence-corrected chi connectivity index (χ1v) is 11.7. The summed E-state index contributed by atoms with van der Waals surface area (Å²) in [5, 5.41) is 0. The van der Waals surface area contributed by atoms with Crippen LogP contribution in [0.5, 0.6) is 0 Å². The van der Waals surface area contributed by atoms with E-state index in [1.54, 1.807) is 29.2 Å². The second kappa shape index (κ2) is 10.7. The first kappa shape index (κ1) is 24.0. The molecule has 0 heterocycles. The number of methoxy groups -OCH3 is 1. The van der Waals surface area contributed by atoms with Crippen LogP contribution in [-0.2, 0) is 19.6 Å². The summed E-state index contributed by atoms with van der Waals surface area (Å²) in [7, 11) is -2.69. The van der Waals surface area contributed by atoms with E-state index in [9.17, 15) is 18.0 Å². The summed E-state index contributed by atoms with van der Waals surface area (Å²) in [6.07, 6.45) is -0.157. The molecule has 0 radical (unpaired) electrons. The maximum atomic E-state index is 12.9. The van der Waals surface area contributed by atoms with E-state index in [0.717, 1.165) is 4.47 Å². The third kappa shape index (κ3) is 6.13. The van der Waals surface area contributed by atoms with E-state index >= 15 is 0 Å². The minimum Gasteiger partial charge on any atom is -0.469 e. The van der Waals surface area contributed by atoms with Crippen molar-refractivity contribution in [3.8, 4) is 0 Å². The Labute approximate surface area is 185 Å². The highest BCUT2D eigenvalue weighted by molar-refractivity contribution is 9.10. The molecule has 1 unspecified atom stereocenters. The number of rotatable bonds is 9. The topological polar surface area (TPSA) is 92.8 Å². The van der Waals surface area contributed by atoms with Crippen LogP contribution in [0.15, 0.2) is 57.9 Å². The number of hydrogen-bond donors (Lipinski definition) is 1. The molecule has 0 aliphatic carbocycles. The smallest absolute Gasteiger partial charge is 0.307 e. The SMILES string of the molecule is CCN(CC)C(=O)c1ccc(S(=O)(=O)NC(CC(=O)OC)c2ccc(Br)cc2)cc1. The molecule has 7 nitrogen and oxygen atoms in total. The molecule has 9 heteroatoms. The minimum absolute atomic E-state index is 0.00516. The fraction of sp³-hybridized carbons (Fsp3) is 0.333. The van der Waals surface area contributed by atoms with Crippen molar-refractivity contribution in [2.45, 2.75) is 31.2 Å². The summed E-state index contributed by atoms with van der Waals surface area (Å²) >= 11 is 3.33. The Hall–Kier alpha value is -2.23. The van der Waals surface area contributed by atoms with Gasteiger partial charge >= 0.3 is 5.97 Å². The van der Waals surface area contributed by atoms with Crippen molar-refractivity contribution in [1.29, 1.82) is 0 Å². The van der Waals surface area contributed by atoms with Gasteiger partial charge in [0.25, 0.3) is 5.91 Å². The largest absolute Gasteiger partial charge is 0.469 e. The van der Waals surface area contributed by atoms with Crippen molar-refractivity contribution in [1.82, 2.24) is 9.62 Å². The van der Waals surface area contributed by atoms with Crippen LogP contribution in [0.4, 0.5) is 0 Å². The van der Waals surface area contributed by atoms with Gasteiger partial charge in [0.1, 0.15) is 0 Å². The highest BCUT2D eigenvalue weighted by Gasteiger charge is 2.24. The molecule has 0 saturated heterocycles. The number of carbonyl (C=O) groups is 2. The summed E-state index contributed by atoms with van der Waals surface area (Å²) in [6, 6.07) is 11.9. The lowest BCUT2D eigenvalue weighted by Gasteiger charge is -2.20. The van der Waals surface area contributed by atoms with Gasteiger partial charge in [-0.1, -0.05) is 28.1 Å². The van der Waals surface area contributed by atoms with Crippen LogP contribution in [-0.4, -0.2) is 45.4 Å². The molecule has 162 valence electrons. The van der Waals surface area contributed by atoms with E-state index in [1.807, 2.05) is 13.8 Å². The van der Waals surface area contributed by atoms with Gasteiger partial charge in [-0.2, -0.15) is 0 Å². The maximum Gasteiger partial charge on any atom is 0.307 e. The monoisotopic (exact) mass is 496 g/mol. The molecular weight excluding hydrogens is 472 g/mol. The van der Waals surface area contributed by atoms with Gasteiger partial charge in [-0.05, 0) is 55.8 Å². The van der Waals surface area contributed by atoms with Crippen molar-refractivity contribution in [3.63, 3.8) is 0 Å². The van der Waals surface area contributed by atoms with Gasteiger partial charge in [0, 0.05) is 23.1 Å². The molecule has 0 bridgehead atoms. The van der Waals surface area contributed by atoms with Crippen molar-refractivity contribution >= 4 is 37.8 Å². The van der Waals surface area contributed by atoms with Gasteiger partial charge in [0.15, 0.2) is 0 Å². The lowest BCUT2D eigenvalue weighted by Crippen LogP contribution is -2.31. The summed E-state index contributed by atoms with van der Waals surface area (Å²) in [5.41, 5.74) is 1.04. The first-order valence-electron chi connectivity index (χ1n) is 9.45. The zero-order valence-electron chi connectivity index (χ0n) is 17.1. The summed E-state index contributed by atoms with van der Waals surface area (Å²) in [4.78, 5) is 25.9. The molecule has 1 amide bonds. The van der Waals surface area contributed by atoms with E-state index in [0.29, 0.717) is 24.2 Å². The normalized spacial score (nSPS) is 12.3. The molecule has 0 fully saturated rings. The Balaban J connectivity index is 2.27. The van der Waals surface area contributed by atoms with Crippen LogP contribution in [0.3, 0.4) is 0 Å². The standard InChI is InChI=1S/C21H25BrN2O5S/c1-4-24(5-2)21(26)16-8-12-18(13-9-16)30(27,28)23-19(14-20(25)29-3)15-6-10-17(22)11-7-15/h6-13,19,23H,4-5,14H2,1-3H3. The second-order valence-electron chi connectivity index (χ2n) is 6.51. The number of esters is 1. The van der Waals surface area contributed by atoms with E-state index in [1.165, 1.54) is 31.4 Å². The number of amides is 1. The molecule has 0 aromatic heterocycles. The molecule has 0 saturated carbocycles. The minimum atomic E-state index is -3.94. The van der Waals surface area contributed by atoms with Crippen LogP contribution in [0.2, 0.25) is 0 Å². The van der Waals surface area contributed by atoms with Gasteiger partial charge in [-0.3, -0.25) is 9.59 Å². The zero-order chi connectivity index (χ0) is 22.3. The molecule has 2 rings (SSSR count). The number of halogens is 1. The van der Waals surface area contributed by atoms with E-state index in [-0.39, 0.29) is 17.2 Å². The van der Waals surface area contributed by atoms with Gasteiger partial charge in [-0.15, -0.1) is 0 Å². The Morgan fingerprint density at radius 1 is 1.03 bits per heavy atom. The zero-order valence-corrected chi connectivity index (χ0v) is 19.5. The summed E-state index contributed by atoms with van der Waals surface area (Å²) < 4.78 is 33.9. The molecule has 30 heavy (non-hydrogen) atoms. The number of carbonyl (C=O) groups excluding carboxylic acids is 2. The lowest BCUT2D eigenvalue weighted by molar-refractivity contribution is -0.141. The van der Waals surface area contributed by atoms with Crippen LogP contribution >= 0.6 is 15.9 Å². The fourth-order valence-corrected chi connectivity index (χ4v) is 4.39. The van der Waals surface area contributed by atoms with Crippen molar-refractivity contribution in [2.24, 2.45) is 0 Å². The predicted molar refractivity (Wildman–Crippen MR) is 118 cm³/mol. The quantitative estimate of drug-likeness (QED) is 0.536. The predicted octanol–water partition coefficient (Wildman–Crippen LogP) is 3.51. The maximum absolute atomic E-state index is 12.9. The number of ether oxygens (including phenoxy) is 1. The number of hydrogen-bond acceptors (Lipinski definition) is 5. The van der Waals surface area contributed by atoms with Gasteiger partial charge in [0.05, 0.1) is 24.5 Å². The first-order chi connectivity index (χ1) is 14.2.